The normalized spacial score (nSPS) is 18.6. The first-order chi connectivity index (χ1) is 12.5. The van der Waals surface area contributed by atoms with Crippen molar-refractivity contribution in [1.29, 1.82) is 0 Å². The Morgan fingerprint density at radius 3 is 2.85 bits per heavy atom. The van der Waals surface area contributed by atoms with Crippen LogP contribution in [-0.4, -0.2) is 22.4 Å². The van der Waals surface area contributed by atoms with Crippen molar-refractivity contribution in [1.82, 2.24) is 4.98 Å². The lowest BCUT2D eigenvalue weighted by atomic mass is 10.0. The maximum absolute atomic E-state index is 12.9. The third-order valence-electron chi connectivity index (χ3n) is 4.44. The molecule has 2 amide bonds. The van der Waals surface area contributed by atoms with Gasteiger partial charge in [0.05, 0.1) is 16.9 Å². The van der Waals surface area contributed by atoms with Crippen LogP contribution in [0.25, 0.3) is 10.9 Å². The average Bonchev–Trinajstić information content (AvgIpc) is 2.63. The lowest BCUT2D eigenvalue weighted by molar-refractivity contribution is -0.143. The average molecular weight is 347 g/mol. The molecule has 1 aliphatic rings. The first-order valence-corrected chi connectivity index (χ1v) is 8.24. The van der Waals surface area contributed by atoms with E-state index < -0.39 is 17.4 Å². The Morgan fingerprint density at radius 2 is 2.00 bits per heavy atom. The van der Waals surface area contributed by atoms with Crippen molar-refractivity contribution in [2.75, 3.05) is 10.6 Å². The fourth-order valence-corrected chi connectivity index (χ4v) is 2.93. The van der Waals surface area contributed by atoms with E-state index in [2.05, 4.69) is 15.6 Å². The topological polar surface area (TPSA) is 80.3 Å². The number of hydrogen-bond acceptors (Lipinski definition) is 4. The van der Waals surface area contributed by atoms with Crippen LogP contribution in [-0.2, 0) is 9.59 Å². The molecule has 2 N–H and O–H groups in total. The number of rotatable bonds is 2. The summed E-state index contributed by atoms with van der Waals surface area (Å²) in [7, 11) is 0. The number of fused-ring (bicyclic) bond motifs is 2. The smallest absolute Gasteiger partial charge is 0.278 e. The number of nitrogens with zero attached hydrogens (tertiary/aromatic N) is 1. The summed E-state index contributed by atoms with van der Waals surface area (Å²) in [5, 5.41) is 6.43. The van der Waals surface area contributed by atoms with Crippen molar-refractivity contribution in [2.24, 2.45) is 0 Å². The van der Waals surface area contributed by atoms with Crippen molar-refractivity contribution in [3.8, 4) is 5.75 Å². The van der Waals surface area contributed by atoms with Crippen LogP contribution in [0.1, 0.15) is 12.5 Å². The van der Waals surface area contributed by atoms with Crippen LogP contribution in [0.3, 0.4) is 0 Å². The monoisotopic (exact) mass is 347 g/mol. The number of benzene rings is 2. The predicted octanol–water partition coefficient (Wildman–Crippen LogP) is 3.27. The van der Waals surface area contributed by atoms with Crippen LogP contribution >= 0.6 is 0 Å². The molecule has 0 spiro atoms. The molecular formula is C20H17N3O3. The van der Waals surface area contributed by atoms with Crippen LogP contribution in [0.4, 0.5) is 11.4 Å². The van der Waals surface area contributed by atoms with Crippen molar-refractivity contribution in [2.45, 2.75) is 19.4 Å². The third-order valence-corrected chi connectivity index (χ3v) is 4.44. The molecule has 0 unspecified atom stereocenters. The lowest BCUT2D eigenvalue weighted by Crippen LogP contribution is -2.56. The van der Waals surface area contributed by atoms with E-state index in [0.717, 1.165) is 10.9 Å². The molecule has 1 aliphatic heterocycles. The van der Waals surface area contributed by atoms with Crippen molar-refractivity contribution < 1.29 is 14.3 Å². The number of hydrogen-bond donors (Lipinski definition) is 2. The SMILES string of the molecule is Cc1ccc2c(c1)NC(=O)[C@@](C)(C(=O)Nc1cccc3cccnc13)O2. The van der Waals surface area contributed by atoms with E-state index in [0.29, 0.717) is 22.6 Å². The minimum atomic E-state index is -1.68. The van der Waals surface area contributed by atoms with Crippen LogP contribution in [0, 0.1) is 6.92 Å². The molecule has 6 heteroatoms. The van der Waals surface area contributed by atoms with Crippen LogP contribution in [0.5, 0.6) is 5.75 Å². The molecule has 2 heterocycles. The summed E-state index contributed by atoms with van der Waals surface area (Å²) >= 11 is 0. The second kappa shape index (κ2) is 5.84. The summed E-state index contributed by atoms with van der Waals surface area (Å²) in [5.74, 6) is -0.607. The Morgan fingerprint density at radius 1 is 1.19 bits per heavy atom. The molecule has 0 bridgehead atoms. The molecule has 4 rings (SSSR count). The number of pyridine rings is 1. The number of nitrogens with one attached hydrogen (secondary N) is 2. The van der Waals surface area contributed by atoms with Gasteiger partial charge in [-0.05, 0) is 43.7 Å². The Hall–Kier alpha value is -3.41. The molecule has 0 saturated carbocycles. The standard InChI is InChI=1S/C20H17N3O3/c1-12-8-9-16-15(11-12)23-19(25)20(2,26-16)18(24)22-14-7-3-5-13-6-4-10-21-17(13)14/h3-11H,1-2H3,(H,22,24)(H,23,25)/t20-/m1/s1. The zero-order valence-electron chi connectivity index (χ0n) is 14.4. The van der Waals surface area contributed by atoms with Crippen molar-refractivity contribution in [3.05, 3.63) is 60.3 Å². The zero-order chi connectivity index (χ0) is 18.3. The highest BCUT2D eigenvalue weighted by Gasteiger charge is 2.47. The van der Waals surface area contributed by atoms with E-state index in [4.69, 9.17) is 4.74 Å². The van der Waals surface area contributed by atoms with Gasteiger partial charge in [0.15, 0.2) is 0 Å². The van der Waals surface area contributed by atoms with Gasteiger partial charge in [-0.25, -0.2) is 0 Å². The largest absolute Gasteiger partial charge is 0.466 e. The Labute approximate surface area is 150 Å². The van der Waals surface area contributed by atoms with Gasteiger partial charge in [-0.15, -0.1) is 0 Å². The minimum Gasteiger partial charge on any atom is -0.466 e. The highest BCUT2D eigenvalue weighted by atomic mass is 16.5. The summed E-state index contributed by atoms with van der Waals surface area (Å²) < 4.78 is 5.79. The number of ether oxygens (including phenoxy) is 1. The van der Waals surface area contributed by atoms with Crippen LogP contribution in [0.15, 0.2) is 54.7 Å². The second-order valence-corrected chi connectivity index (χ2v) is 6.42. The molecule has 3 aromatic rings. The van der Waals surface area contributed by atoms with Crippen LogP contribution < -0.4 is 15.4 Å². The number of carbonyl (C=O) groups is 2. The molecule has 26 heavy (non-hydrogen) atoms. The minimum absolute atomic E-state index is 0.462. The molecule has 1 aromatic heterocycles. The lowest BCUT2D eigenvalue weighted by Gasteiger charge is -2.33. The Kier molecular flexibility index (Phi) is 3.61. The van der Waals surface area contributed by atoms with Crippen LogP contribution in [0.2, 0.25) is 0 Å². The molecule has 0 aliphatic carbocycles. The number of amides is 2. The fourth-order valence-electron chi connectivity index (χ4n) is 2.93. The number of carbonyl (C=O) groups excluding carboxylic acids is 2. The molecule has 130 valence electrons. The highest BCUT2D eigenvalue weighted by molar-refractivity contribution is 6.20. The Balaban J connectivity index is 1.67. The van der Waals surface area contributed by atoms with Gasteiger partial charge in [-0.2, -0.15) is 0 Å². The number of aryl methyl sites for hydroxylation is 1. The van der Waals surface area contributed by atoms with E-state index in [1.165, 1.54) is 6.92 Å². The van der Waals surface area contributed by atoms with E-state index in [-0.39, 0.29) is 0 Å². The van der Waals surface area contributed by atoms with E-state index in [9.17, 15) is 9.59 Å². The van der Waals surface area contributed by atoms with E-state index in [1.54, 1.807) is 24.4 Å². The summed E-state index contributed by atoms with van der Waals surface area (Å²) in [6.07, 6.45) is 1.65. The van der Waals surface area contributed by atoms with Gasteiger partial charge in [0, 0.05) is 11.6 Å². The summed E-state index contributed by atoms with van der Waals surface area (Å²) in [6, 6.07) is 14.6. The first-order valence-electron chi connectivity index (χ1n) is 8.24. The van der Waals surface area contributed by atoms with Gasteiger partial charge >= 0.3 is 0 Å². The van der Waals surface area contributed by atoms with Gasteiger partial charge in [0.1, 0.15) is 5.75 Å². The molecule has 6 nitrogen and oxygen atoms in total. The van der Waals surface area contributed by atoms with Gasteiger partial charge in [-0.3, -0.25) is 14.6 Å². The van der Waals surface area contributed by atoms with Gasteiger partial charge in [0.2, 0.25) is 0 Å². The second-order valence-electron chi connectivity index (χ2n) is 6.42. The van der Waals surface area contributed by atoms with Gasteiger partial charge in [-0.1, -0.05) is 24.3 Å². The zero-order valence-corrected chi connectivity index (χ0v) is 14.4. The number of anilines is 2. The molecule has 2 aromatic carbocycles. The van der Waals surface area contributed by atoms with E-state index in [1.807, 2.05) is 37.3 Å². The Bertz CT molecular complexity index is 1040. The number of para-hydroxylation sites is 1. The summed E-state index contributed by atoms with van der Waals surface area (Å²) in [5.41, 5.74) is 1.05. The first kappa shape index (κ1) is 16.1. The quantitative estimate of drug-likeness (QED) is 0.697. The molecule has 1 atom stereocenters. The van der Waals surface area contributed by atoms with E-state index >= 15 is 0 Å². The van der Waals surface area contributed by atoms with Crippen molar-refractivity contribution in [3.63, 3.8) is 0 Å². The highest BCUT2D eigenvalue weighted by Crippen LogP contribution is 2.35. The summed E-state index contributed by atoms with van der Waals surface area (Å²) in [6.45, 7) is 3.37. The maximum Gasteiger partial charge on any atom is 0.278 e. The van der Waals surface area contributed by atoms with Gasteiger partial charge < -0.3 is 15.4 Å². The molecule has 0 fully saturated rings. The molecular weight excluding hydrogens is 330 g/mol. The molecule has 0 saturated heterocycles. The predicted molar refractivity (Wildman–Crippen MR) is 99.2 cm³/mol. The third kappa shape index (κ3) is 2.56. The van der Waals surface area contributed by atoms with Crippen molar-refractivity contribution >= 4 is 34.1 Å². The maximum atomic E-state index is 12.9. The summed E-state index contributed by atoms with van der Waals surface area (Å²) in [4.78, 5) is 29.8. The van der Waals surface area contributed by atoms with Gasteiger partial charge in [0.25, 0.3) is 17.4 Å². The number of aromatic nitrogens is 1. The fraction of sp³-hybridized carbons (Fsp3) is 0.150. The molecule has 0 radical (unpaired) electrons.